The van der Waals surface area contributed by atoms with Gasteiger partial charge in [-0.1, -0.05) is 66.2 Å². The van der Waals surface area contributed by atoms with Gasteiger partial charge in [0, 0.05) is 10.9 Å². The van der Waals surface area contributed by atoms with E-state index in [2.05, 4.69) is 0 Å². The summed E-state index contributed by atoms with van der Waals surface area (Å²) in [5.74, 6) is 0.274. The van der Waals surface area contributed by atoms with E-state index in [4.69, 9.17) is 5.73 Å². The molecule has 0 amide bonds. The third-order valence-electron chi connectivity index (χ3n) is 3.70. The van der Waals surface area contributed by atoms with Crippen LogP contribution in [0.2, 0.25) is 0 Å². The minimum Gasteiger partial charge on any atom is -0.507 e. The van der Waals surface area contributed by atoms with Crippen LogP contribution in [-0.4, -0.2) is 5.11 Å². The summed E-state index contributed by atoms with van der Waals surface area (Å²) in [6.07, 6.45) is 0. The molecule has 100 valence electrons. The van der Waals surface area contributed by atoms with Gasteiger partial charge in [-0.15, -0.1) is 0 Å². The van der Waals surface area contributed by atoms with E-state index in [0.717, 1.165) is 21.9 Å². The normalized spacial score (nSPS) is 12.5. The number of benzene rings is 3. The van der Waals surface area contributed by atoms with Crippen LogP contribution in [0.4, 0.5) is 0 Å². The summed E-state index contributed by atoms with van der Waals surface area (Å²) in [6, 6.07) is 19.4. The van der Waals surface area contributed by atoms with Crippen molar-refractivity contribution in [3.8, 4) is 5.75 Å². The lowest BCUT2D eigenvalue weighted by molar-refractivity contribution is 0.472. The molecule has 0 unspecified atom stereocenters. The number of fused-ring (bicyclic) bond motifs is 1. The lowest BCUT2D eigenvalue weighted by Crippen LogP contribution is -2.12. The molecule has 0 saturated heterocycles. The molecule has 20 heavy (non-hydrogen) atoms. The molecule has 3 rings (SSSR count). The van der Waals surface area contributed by atoms with E-state index < -0.39 is 0 Å². The van der Waals surface area contributed by atoms with Gasteiger partial charge in [-0.2, -0.15) is 0 Å². The Bertz CT molecular complexity index is 747. The SMILES string of the molecule is Cc1ccc([C@@H](N)c2ccc3ccccc3c2O)cc1. The Hall–Kier alpha value is -2.32. The first-order valence-electron chi connectivity index (χ1n) is 6.69. The van der Waals surface area contributed by atoms with E-state index in [0.29, 0.717) is 0 Å². The molecule has 0 spiro atoms. The van der Waals surface area contributed by atoms with Gasteiger partial charge in [0.2, 0.25) is 0 Å². The zero-order chi connectivity index (χ0) is 14.1. The number of aromatic hydroxyl groups is 1. The molecule has 0 aliphatic carbocycles. The molecule has 0 aromatic heterocycles. The molecule has 0 aliphatic rings. The zero-order valence-electron chi connectivity index (χ0n) is 11.4. The third kappa shape index (κ3) is 2.15. The van der Waals surface area contributed by atoms with Crippen LogP contribution in [0.3, 0.4) is 0 Å². The van der Waals surface area contributed by atoms with Gasteiger partial charge in [-0.25, -0.2) is 0 Å². The second kappa shape index (κ2) is 4.99. The maximum absolute atomic E-state index is 10.5. The van der Waals surface area contributed by atoms with Crippen LogP contribution >= 0.6 is 0 Å². The minimum absolute atomic E-state index is 0.274. The van der Waals surface area contributed by atoms with E-state index in [-0.39, 0.29) is 11.8 Å². The van der Waals surface area contributed by atoms with Gasteiger partial charge in [0.1, 0.15) is 5.75 Å². The maximum Gasteiger partial charge on any atom is 0.128 e. The average molecular weight is 263 g/mol. The topological polar surface area (TPSA) is 46.2 Å². The van der Waals surface area contributed by atoms with Gasteiger partial charge in [0.05, 0.1) is 6.04 Å². The molecule has 3 aromatic rings. The largest absolute Gasteiger partial charge is 0.507 e. The Morgan fingerprint density at radius 1 is 0.900 bits per heavy atom. The smallest absolute Gasteiger partial charge is 0.128 e. The molecule has 0 heterocycles. The van der Waals surface area contributed by atoms with Crippen molar-refractivity contribution in [2.24, 2.45) is 5.73 Å². The van der Waals surface area contributed by atoms with Crippen LogP contribution < -0.4 is 5.73 Å². The maximum atomic E-state index is 10.5. The average Bonchev–Trinajstić information content (AvgIpc) is 2.48. The van der Waals surface area contributed by atoms with Gasteiger partial charge in [-0.05, 0) is 17.9 Å². The Morgan fingerprint density at radius 2 is 1.60 bits per heavy atom. The molecule has 0 bridgehead atoms. The summed E-state index contributed by atoms with van der Waals surface area (Å²) in [7, 11) is 0. The van der Waals surface area contributed by atoms with Crippen molar-refractivity contribution >= 4 is 10.8 Å². The van der Waals surface area contributed by atoms with Gasteiger partial charge in [0.25, 0.3) is 0 Å². The molecule has 0 fully saturated rings. The first-order valence-corrected chi connectivity index (χ1v) is 6.69. The number of aryl methyl sites for hydroxylation is 1. The van der Waals surface area contributed by atoms with Crippen molar-refractivity contribution < 1.29 is 5.11 Å². The van der Waals surface area contributed by atoms with Gasteiger partial charge in [-0.3, -0.25) is 0 Å². The van der Waals surface area contributed by atoms with Crippen LogP contribution in [0.15, 0.2) is 60.7 Å². The molecular weight excluding hydrogens is 246 g/mol. The summed E-state index contributed by atoms with van der Waals surface area (Å²) < 4.78 is 0. The highest BCUT2D eigenvalue weighted by molar-refractivity contribution is 5.89. The predicted octanol–water partition coefficient (Wildman–Crippen LogP) is 3.90. The first kappa shape index (κ1) is 12.7. The lowest BCUT2D eigenvalue weighted by Gasteiger charge is -2.16. The number of phenolic OH excluding ortho intramolecular Hbond substituents is 1. The molecule has 2 heteroatoms. The van der Waals surface area contributed by atoms with Gasteiger partial charge in [0.15, 0.2) is 0 Å². The second-order valence-corrected chi connectivity index (χ2v) is 5.11. The highest BCUT2D eigenvalue weighted by atomic mass is 16.3. The molecular formula is C18H17NO. The van der Waals surface area contributed by atoms with E-state index >= 15 is 0 Å². The molecule has 0 saturated carbocycles. The Kier molecular flexibility index (Phi) is 3.17. The molecule has 1 atom stereocenters. The molecule has 0 aliphatic heterocycles. The summed E-state index contributed by atoms with van der Waals surface area (Å²) in [6.45, 7) is 2.04. The van der Waals surface area contributed by atoms with Crippen LogP contribution in [-0.2, 0) is 0 Å². The van der Waals surface area contributed by atoms with E-state index in [9.17, 15) is 5.11 Å². The summed E-state index contributed by atoms with van der Waals surface area (Å²) in [5, 5.41) is 12.3. The zero-order valence-corrected chi connectivity index (χ0v) is 11.4. The lowest BCUT2D eigenvalue weighted by atomic mass is 9.95. The number of rotatable bonds is 2. The summed E-state index contributed by atoms with van der Waals surface area (Å²) in [4.78, 5) is 0. The van der Waals surface area contributed by atoms with Crippen molar-refractivity contribution in [2.75, 3.05) is 0 Å². The van der Waals surface area contributed by atoms with Crippen molar-refractivity contribution in [3.05, 3.63) is 77.4 Å². The van der Waals surface area contributed by atoms with Crippen molar-refractivity contribution in [1.82, 2.24) is 0 Å². The van der Waals surface area contributed by atoms with Crippen molar-refractivity contribution in [2.45, 2.75) is 13.0 Å². The summed E-state index contributed by atoms with van der Waals surface area (Å²) in [5.41, 5.74) is 9.25. The third-order valence-corrected chi connectivity index (χ3v) is 3.70. The summed E-state index contributed by atoms with van der Waals surface area (Å²) >= 11 is 0. The van der Waals surface area contributed by atoms with Gasteiger partial charge < -0.3 is 10.8 Å². The van der Waals surface area contributed by atoms with E-state index in [1.807, 2.05) is 67.6 Å². The Morgan fingerprint density at radius 3 is 2.35 bits per heavy atom. The van der Waals surface area contributed by atoms with Crippen LogP contribution in [0.1, 0.15) is 22.7 Å². The van der Waals surface area contributed by atoms with E-state index in [1.165, 1.54) is 5.56 Å². The van der Waals surface area contributed by atoms with Crippen LogP contribution in [0.25, 0.3) is 10.8 Å². The standard InChI is InChI=1S/C18H17NO/c1-12-6-8-14(9-7-12)17(19)16-11-10-13-4-2-3-5-15(13)18(16)20/h2-11,17,20H,19H2,1H3/t17-/m1/s1. The molecule has 3 N–H and O–H groups in total. The predicted molar refractivity (Wildman–Crippen MR) is 82.8 cm³/mol. The highest BCUT2D eigenvalue weighted by Crippen LogP contribution is 2.34. The fraction of sp³-hybridized carbons (Fsp3) is 0.111. The molecule has 2 nitrogen and oxygen atoms in total. The Labute approximate surface area is 118 Å². The van der Waals surface area contributed by atoms with Crippen molar-refractivity contribution in [1.29, 1.82) is 0 Å². The van der Waals surface area contributed by atoms with Crippen LogP contribution in [0, 0.1) is 6.92 Å². The highest BCUT2D eigenvalue weighted by Gasteiger charge is 2.14. The first-order chi connectivity index (χ1) is 9.66. The molecule has 0 radical (unpaired) electrons. The number of nitrogens with two attached hydrogens (primary N) is 1. The van der Waals surface area contributed by atoms with Crippen LogP contribution in [0.5, 0.6) is 5.75 Å². The fourth-order valence-corrected chi connectivity index (χ4v) is 2.48. The minimum atomic E-state index is -0.319. The number of hydrogen-bond acceptors (Lipinski definition) is 2. The Balaban J connectivity index is 2.09. The monoisotopic (exact) mass is 263 g/mol. The molecule has 3 aromatic carbocycles. The second-order valence-electron chi connectivity index (χ2n) is 5.11. The quantitative estimate of drug-likeness (QED) is 0.736. The van der Waals surface area contributed by atoms with E-state index in [1.54, 1.807) is 0 Å². The van der Waals surface area contributed by atoms with Crippen molar-refractivity contribution in [3.63, 3.8) is 0 Å². The number of hydrogen-bond donors (Lipinski definition) is 2. The number of phenols is 1. The fourth-order valence-electron chi connectivity index (χ4n) is 2.48. The van der Waals surface area contributed by atoms with Gasteiger partial charge >= 0.3 is 0 Å².